The Hall–Kier alpha value is -2.19. The van der Waals surface area contributed by atoms with Crippen molar-refractivity contribution in [3.05, 3.63) is 68.2 Å². The summed E-state index contributed by atoms with van der Waals surface area (Å²) in [5.41, 5.74) is 3.59. The Kier molecular flexibility index (Phi) is 6.53. The molecule has 30 heavy (non-hydrogen) atoms. The average Bonchev–Trinajstić information content (AvgIpc) is 3.40. The van der Waals surface area contributed by atoms with Crippen LogP contribution in [0.3, 0.4) is 0 Å². The SMILES string of the molecule is COc1ccc([C@H](c2c(NC(=O)c3cccs3)sc(C)c2C)N2CCOCC2)cc1. The summed E-state index contributed by atoms with van der Waals surface area (Å²) < 4.78 is 11.0. The van der Waals surface area contributed by atoms with Crippen molar-refractivity contribution in [1.29, 1.82) is 0 Å². The number of hydrogen-bond donors (Lipinski definition) is 1. The van der Waals surface area contributed by atoms with Gasteiger partial charge in [-0.25, -0.2) is 0 Å². The van der Waals surface area contributed by atoms with Crippen LogP contribution in [0.25, 0.3) is 0 Å². The van der Waals surface area contributed by atoms with Gasteiger partial charge in [-0.05, 0) is 48.6 Å². The molecule has 0 spiro atoms. The molecular formula is C23H26N2O3S2. The zero-order chi connectivity index (χ0) is 21.1. The quantitative estimate of drug-likeness (QED) is 0.576. The van der Waals surface area contributed by atoms with E-state index in [1.165, 1.54) is 32.9 Å². The van der Waals surface area contributed by atoms with Crippen LogP contribution in [0.15, 0.2) is 41.8 Å². The smallest absolute Gasteiger partial charge is 0.266 e. The van der Waals surface area contributed by atoms with Crippen LogP contribution in [0, 0.1) is 13.8 Å². The van der Waals surface area contributed by atoms with Gasteiger partial charge in [0.25, 0.3) is 5.91 Å². The predicted molar refractivity (Wildman–Crippen MR) is 123 cm³/mol. The highest BCUT2D eigenvalue weighted by Gasteiger charge is 2.30. The first-order chi connectivity index (χ1) is 14.6. The fourth-order valence-electron chi connectivity index (χ4n) is 3.82. The Bertz CT molecular complexity index is 990. The van der Waals surface area contributed by atoms with E-state index >= 15 is 0 Å². The van der Waals surface area contributed by atoms with Crippen molar-refractivity contribution in [3.63, 3.8) is 0 Å². The van der Waals surface area contributed by atoms with E-state index < -0.39 is 0 Å². The van der Waals surface area contributed by atoms with Crippen LogP contribution >= 0.6 is 22.7 Å². The molecule has 3 aromatic rings. The second kappa shape index (κ2) is 9.31. The van der Waals surface area contributed by atoms with Gasteiger partial charge in [0.2, 0.25) is 0 Å². The van der Waals surface area contributed by atoms with Crippen molar-refractivity contribution < 1.29 is 14.3 Å². The first-order valence-electron chi connectivity index (χ1n) is 9.99. The molecule has 158 valence electrons. The minimum atomic E-state index is -0.0528. The van der Waals surface area contributed by atoms with Crippen molar-refractivity contribution in [2.75, 3.05) is 38.7 Å². The van der Waals surface area contributed by atoms with Crippen molar-refractivity contribution in [2.45, 2.75) is 19.9 Å². The third-order valence-corrected chi connectivity index (χ3v) is 7.53. The van der Waals surface area contributed by atoms with Gasteiger partial charge in [-0.2, -0.15) is 0 Å². The molecule has 1 aliphatic rings. The van der Waals surface area contributed by atoms with Crippen molar-refractivity contribution in [1.82, 2.24) is 4.90 Å². The molecule has 0 bridgehead atoms. The zero-order valence-corrected chi connectivity index (χ0v) is 19.1. The second-order valence-electron chi connectivity index (χ2n) is 7.28. The van der Waals surface area contributed by atoms with Crippen molar-refractivity contribution in [2.24, 2.45) is 0 Å². The lowest BCUT2D eigenvalue weighted by molar-refractivity contribution is 0.0240. The van der Waals surface area contributed by atoms with Crippen LogP contribution in [0.4, 0.5) is 5.00 Å². The molecule has 1 aliphatic heterocycles. The third kappa shape index (κ3) is 4.30. The number of aryl methyl sites for hydroxylation is 1. The van der Waals surface area contributed by atoms with Crippen LogP contribution in [0.2, 0.25) is 0 Å². The molecule has 1 N–H and O–H groups in total. The van der Waals surface area contributed by atoms with Crippen LogP contribution in [0.5, 0.6) is 5.75 Å². The topological polar surface area (TPSA) is 50.8 Å². The molecule has 0 aliphatic carbocycles. The maximum absolute atomic E-state index is 12.8. The number of benzene rings is 1. The van der Waals surface area contributed by atoms with E-state index in [4.69, 9.17) is 9.47 Å². The van der Waals surface area contributed by atoms with E-state index in [1.807, 2.05) is 29.6 Å². The largest absolute Gasteiger partial charge is 0.497 e. The van der Waals surface area contributed by atoms with Crippen molar-refractivity contribution >= 4 is 33.6 Å². The first-order valence-corrected chi connectivity index (χ1v) is 11.7. The lowest BCUT2D eigenvalue weighted by Crippen LogP contribution is -2.39. The molecule has 5 nitrogen and oxygen atoms in total. The Morgan fingerprint density at radius 3 is 2.53 bits per heavy atom. The molecule has 0 saturated carbocycles. The normalized spacial score (nSPS) is 15.7. The molecule has 4 rings (SSSR count). The van der Waals surface area contributed by atoms with Crippen molar-refractivity contribution in [3.8, 4) is 5.75 Å². The predicted octanol–water partition coefficient (Wildman–Crippen LogP) is 5.11. The number of hydrogen-bond acceptors (Lipinski definition) is 6. The number of nitrogens with zero attached hydrogens (tertiary/aromatic N) is 1. The minimum absolute atomic E-state index is 0.0448. The van der Waals surface area contributed by atoms with Gasteiger partial charge in [-0.3, -0.25) is 9.69 Å². The van der Waals surface area contributed by atoms with Crippen LogP contribution in [-0.4, -0.2) is 44.2 Å². The maximum Gasteiger partial charge on any atom is 0.266 e. The van der Waals surface area contributed by atoms with E-state index in [2.05, 4.69) is 36.2 Å². The molecule has 1 saturated heterocycles. The highest BCUT2D eigenvalue weighted by molar-refractivity contribution is 7.17. The summed E-state index contributed by atoms with van der Waals surface area (Å²) in [4.78, 5) is 17.2. The Balaban J connectivity index is 1.76. The summed E-state index contributed by atoms with van der Waals surface area (Å²) in [6.45, 7) is 7.40. The summed E-state index contributed by atoms with van der Waals surface area (Å²) in [5, 5.41) is 6.05. The Labute approximate surface area is 185 Å². The highest BCUT2D eigenvalue weighted by atomic mass is 32.1. The molecular weight excluding hydrogens is 416 g/mol. The molecule has 1 atom stereocenters. The van der Waals surface area contributed by atoms with E-state index in [0.717, 1.165) is 28.7 Å². The minimum Gasteiger partial charge on any atom is -0.497 e. The zero-order valence-electron chi connectivity index (χ0n) is 17.4. The van der Waals surface area contributed by atoms with E-state index in [9.17, 15) is 4.79 Å². The van der Waals surface area contributed by atoms with Crippen LogP contribution in [0.1, 0.15) is 37.3 Å². The number of carbonyl (C=O) groups is 1. The van der Waals surface area contributed by atoms with E-state index in [0.29, 0.717) is 13.2 Å². The summed E-state index contributed by atoms with van der Waals surface area (Å²) in [6, 6.07) is 12.0. The number of ether oxygens (including phenoxy) is 2. The van der Waals surface area contributed by atoms with Gasteiger partial charge in [0.1, 0.15) is 10.8 Å². The number of nitrogens with one attached hydrogen (secondary N) is 1. The number of anilines is 1. The number of morpholine rings is 1. The summed E-state index contributed by atoms with van der Waals surface area (Å²) in [6.07, 6.45) is 0. The number of amides is 1. The van der Waals surface area contributed by atoms with Gasteiger partial charge >= 0.3 is 0 Å². The highest BCUT2D eigenvalue weighted by Crippen LogP contribution is 2.43. The number of carbonyl (C=O) groups excluding carboxylic acids is 1. The Morgan fingerprint density at radius 1 is 1.17 bits per heavy atom. The summed E-state index contributed by atoms with van der Waals surface area (Å²) >= 11 is 3.11. The summed E-state index contributed by atoms with van der Waals surface area (Å²) in [5.74, 6) is 0.784. The fourth-order valence-corrected chi connectivity index (χ4v) is 5.53. The molecule has 0 radical (unpaired) electrons. The lowest BCUT2D eigenvalue weighted by Gasteiger charge is -2.35. The molecule has 7 heteroatoms. The second-order valence-corrected chi connectivity index (χ2v) is 9.45. The molecule has 1 fully saturated rings. The average molecular weight is 443 g/mol. The molecule has 1 amide bonds. The van der Waals surface area contributed by atoms with Gasteiger partial charge in [-0.15, -0.1) is 22.7 Å². The van der Waals surface area contributed by atoms with Gasteiger partial charge in [0.05, 0.1) is 31.2 Å². The van der Waals surface area contributed by atoms with Gasteiger partial charge in [0, 0.05) is 23.5 Å². The third-order valence-electron chi connectivity index (χ3n) is 5.52. The maximum atomic E-state index is 12.8. The Morgan fingerprint density at radius 2 is 1.90 bits per heavy atom. The van der Waals surface area contributed by atoms with E-state index in [1.54, 1.807) is 18.4 Å². The molecule has 3 heterocycles. The molecule has 0 unspecified atom stereocenters. The number of thiophene rings is 2. The van der Waals surface area contributed by atoms with Crippen LogP contribution < -0.4 is 10.1 Å². The van der Waals surface area contributed by atoms with Gasteiger partial charge in [-0.1, -0.05) is 18.2 Å². The van der Waals surface area contributed by atoms with E-state index in [-0.39, 0.29) is 11.9 Å². The first kappa shape index (κ1) is 21.1. The molecule has 1 aromatic carbocycles. The van der Waals surface area contributed by atoms with Crippen LogP contribution in [-0.2, 0) is 4.74 Å². The van der Waals surface area contributed by atoms with Gasteiger partial charge in [0.15, 0.2) is 0 Å². The summed E-state index contributed by atoms with van der Waals surface area (Å²) in [7, 11) is 1.68. The number of methoxy groups -OCH3 is 1. The molecule has 2 aromatic heterocycles. The lowest BCUT2D eigenvalue weighted by atomic mass is 9.94. The monoisotopic (exact) mass is 442 g/mol. The van der Waals surface area contributed by atoms with Gasteiger partial charge < -0.3 is 14.8 Å². The fraction of sp³-hybridized carbons (Fsp3) is 0.348. The number of rotatable bonds is 6. The standard InChI is InChI=1S/C23H26N2O3S2/c1-15-16(2)30-23(24-22(26)19-5-4-14-29-19)20(15)21(25-10-12-28-13-11-25)17-6-8-18(27-3)9-7-17/h4-9,14,21H,10-13H2,1-3H3,(H,24,26)/t21-/m1/s1.